The monoisotopic (exact) mass is 480 g/mol. The molecule has 0 radical (unpaired) electrons. The smallest absolute Gasteiger partial charge is 0.217 e. The Labute approximate surface area is 213 Å². The number of aliphatic imine (C=N–C) groups is 1. The Hall–Kier alpha value is -1.42. The molecule has 1 heterocycles. The Kier molecular flexibility index (Phi) is 6.60. The van der Waals surface area contributed by atoms with E-state index >= 15 is 0 Å². The molecule has 0 bridgehead atoms. The second-order valence-electron chi connectivity index (χ2n) is 13.5. The van der Waals surface area contributed by atoms with Crippen molar-refractivity contribution in [2.24, 2.45) is 45.4 Å². The van der Waals surface area contributed by atoms with Crippen LogP contribution in [-0.4, -0.2) is 35.4 Å². The van der Waals surface area contributed by atoms with Gasteiger partial charge in [-0.1, -0.05) is 38.0 Å². The van der Waals surface area contributed by atoms with Gasteiger partial charge in [0, 0.05) is 19.2 Å². The third kappa shape index (κ3) is 4.06. The van der Waals surface area contributed by atoms with Crippen LogP contribution in [0.4, 0.5) is 0 Å². The Morgan fingerprint density at radius 3 is 2.54 bits per heavy atom. The summed E-state index contributed by atoms with van der Waals surface area (Å²) in [5.74, 6) is 2.97. The van der Waals surface area contributed by atoms with Crippen LogP contribution in [0.3, 0.4) is 0 Å². The topological polar surface area (TPSA) is 61.7 Å². The van der Waals surface area contributed by atoms with E-state index in [1.807, 2.05) is 0 Å². The molecule has 0 aromatic heterocycles. The number of aliphatic hydroxyl groups is 1. The summed E-state index contributed by atoms with van der Waals surface area (Å²) >= 11 is 0. The highest BCUT2D eigenvalue weighted by molar-refractivity contribution is 6.02. The third-order valence-corrected chi connectivity index (χ3v) is 11.5. The first-order valence-electron chi connectivity index (χ1n) is 14.4. The highest BCUT2D eigenvalue weighted by Gasteiger charge is 2.59. The minimum atomic E-state index is -0.434. The fourth-order valence-electron chi connectivity index (χ4n) is 9.70. The maximum Gasteiger partial charge on any atom is 0.217 e. The number of nitrogens with zero attached hydrogens (tertiary/aromatic N) is 1. The van der Waals surface area contributed by atoms with Gasteiger partial charge in [0.15, 0.2) is 0 Å². The molecule has 5 rings (SSSR count). The van der Waals surface area contributed by atoms with Crippen molar-refractivity contribution in [2.45, 2.75) is 111 Å². The van der Waals surface area contributed by atoms with Crippen LogP contribution in [0.1, 0.15) is 99.3 Å². The van der Waals surface area contributed by atoms with Gasteiger partial charge in [-0.15, -0.1) is 0 Å². The molecular formula is C31H48N2O2. The average molecular weight is 481 g/mol. The lowest BCUT2D eigenvalue weighted by Crippen LogP contribution is -2.58. The molecule has 0 saturated heterocycles. The van der Waals surface area contributed by atoms with Crippen LogP contribution < -0.4 is 5.32 Å². The van der Waals surface area contributed by atoms with E-state index in [1.54, 1.807) is 12.5 Å². The molecule has 0 aromatic carbocycles. The molecule has 4 aliphatic carbocycles. The van der Waals surface area contributed by atoms with E-state index in [2.05, 4.69) is 46.0 Å². The Morgan fingerprint density at radius 2 is 1.83 bits per heavy atom. The SMILES string of the molecule is CC(=O)N[C@H]1CC[C@@]2(C)[C@H](CC=C3[C@@H]2CC[C@]2(C)[C@@H]([C@H](C)CC4=NCCC4=C(C)C)CC[C@@H]32)[C@H]1O. The predicted molar refractivity (Wildman–Crippen MR) is 143 cm³/mol. The van der Waals surface area contributed by atoms with E-state index in [0.29, 0.717) is 23.2 Å². The van der Waals surface area contributed by atoms with Gasteiger partial charge in [-0.05, 0) is 118 Å². The van der Waals surface area contributed by atoms with E-state index in [4.69, 9.17) is 4.99 Å². The normalized spacial score (nSPS) is 43.5. The zero-order valence-corrected chi connectivity index (χ0v) is 23.0. The predicted octanol–water partition coefficient (Wildman–Crippen LogP) is 6.25. The molecule has 0 unspecified atom stereocenters. The number of nitrogens with one attached hydrogen (secondary N) is 1. The van der Waals surface area contributed by atoms with E-state index in [0.717, 1.165) is 44.6 Å². The van der Waals surface area contributed by atoms with Gasteiger partial charge in [0.05, 0.1) is 12.1 Å². The Balaban J connectivity index is 1.35. The molecule has 9 atom stereocenters. The van der Waals surface area contributed by atoms with Crippen LogP contribution in [0.2, 0.25) is 0 Å². The number of hydrogen-bond acceptors (Lipinski definition) is 3. The van der Waals surface area contributed by atoms with Gasteiger partial charge in [-0.2, -0.15) is 0 Å². The number of hydrogen-bond donors (Lipinski definition) is 2. The molecule has 4 nitrogen and oxygen atoms in total. The molecular weight excluding hydrogens is 432 g/mol. The summed E-state index contributed by atoms with van der Waals surface area (Å²) in [7, 11) is 0. The van der Waals surface area contributed by atoms with Crippen molar-refractivity contribution in [3.05, 3.63) is 22.8 Å². The van der Waals surface area contributed by atoms with Crippen LogP contribution in [0.15, 0.2) is 27.8 Å². The van der Waals surface area contributed by atoms with Crippen molar-refractivity contribution in [3.63, 3.8) is 0 Å². The largest absolute Gasteiger partial charge is 0.391 e. The molecule has 1 aliphatic heterocycles. The van der Waals surface area contributed by atoms with E-state index in [1.165, 1.54) is 42.5 Å². The first-order chi connectivity index (χ1) is 16.6. The highest BCUT2D eigenvalue weighted by Crippen LogP contribution is 2.67. The van der Waals surface area contributed by atoms with Crippen molar-refractivity contribution in [3.8, 4) is 0 Å². The highest BCUT2D eigenvalue weighted by atomic mass is 16.3. The third-order valence-electron chi connectivity index (χ3n) is 11.5. The summed E-state index contributed by atoms with van der Waals surface area (Å²) in [4.78, 5) is 16.6. The number of fused-ring (bicyclic) bond motifs is 5. The first kappa shape index (κ1) is 25.2. The second-order valence-corrected chi connectivity index (χ2v) is 13.5. The van der Waals surface area contributed by atoms with E-state index in [9.17, 15) is 9.90 Å². The number of carbonyl (C=O) groups excluding carboxylic acids is 1. The van der Waals surface area contributed by atoms with Crippen LogP contribution in [0.5, 0.6) is 0 Å². The number of aliphatic hydroxyl groups excluding tert-OH is 1. The van der Waals surface area contributed by atoms with Crippen molar-refractivity contribution in [1.82, 2.24) is 5.32 Å². The number of allylic oxidation sites excluding steroid dienone is 3. The van der Waals surface area contributed by atoms with E-state index < -0.39 is 6.10 Å². The molecule has 0 spiro atoms. The van der Waals surface area contributed by atoms with Gasteiger partial charge in [0.25, 0.3) is 0 Å². The van der Waals surface area contributed by atoms with Crippen molar-refractivity contribution < 1.29 is 9.90 Å². The van der Waals surface area contributed by atoms with Gasteiger partial charge in [0.1, 0.15) is 0 Å². The number of amides is 1. The molecule has 3 fully saturated rings. The molecule has 4 heteroatoms. The Bertz CT molecular complexity index is 959. The fourth-order valence-corrected chi connectivity index (χ4v) is 9.70. The minimum Gasteiger partial charge on any atom is -0.391 e. The Morgan fingerprint density at radius 1 is 1.11 bits per heavy atom. The summed E-state index contributed by atoms with van der Waals surface area (Å²) in [5.41, 5.74) is 6.66. The summed E-state index contributed by atoms with van der Waals surface area (Å²) in [6.45, 7) is 14.6. The zero-order chi connectivity index (χ0) is 25.1. The quantitative estimate of drug-likeness (QED) is 0.467. The molecule has 5 aliphatic rings. The summed E-state index contributed by atoms with van der Waals surface area (Å²) in [6, 6.07) is -0.0877. The fraction of sp³-hybridized carbons (Fsp3) is 0.806. The lowest BCUT2D eigenvalue weighted by molar-refractivity contribution is -0.125. The van der Waals surface area contributed by atoms with Crippen LogP contribution in [-0.2, 0) is 4.79 Å². The van der Waals surface area contributed by atoms with Crippen molar-refractivity contribution in [1.29, 1.82) is 0 Å². The van der Waals surface area contributed by atoms with Gasteiger partial charge < -0.3 is 10.4 Å². The standard InChI is InChI=1S/C31H48N2O2/c1-18(2)21-13-16-32-28(21)17-19(3)23-9-10-24-22-7-8-26-29(35)27(33-20(4)34)12-15-31(26,6)25(22)11-14-30(23,24)5/h7,19,23-27,29,35H,8-17H2,1-6H3,(H,33,34)/t19-,23-,24+,25+,26-,27+,29-,30-,31-/m1/s1. The van der Waals surface area contributed by atoms with Crippen molar-refractivity contribution in [2.75, 3.05) is 6.54 Å². The molecule has 35 heavy (non-hydrogen) atoms. The van der Waals surface area contributed by atoms with Crippen molar-refractivity contribution >= 4 is 11.6 Å². The lowest BCUT2D eigenvalue weighted by Gasteiger charge is -2.59. The minimum absolute atomic E-state index is 0.0236. The molecule has 1 amide bonds. The molecule has 0 aromatic rings. The van der Waals surface area contributed by atoms with E-state index in [-0.39, 0.29) is 23.3 Å². The number of rotatable bonds is 4. The van der Waals surface area contributed by atoms with Gasteiger partial charge in [-0.25, -0.2) is 0 Å². The molecule has 194 valence electrons. The average Bonchev–Trinajstić information content (AvgIpc) is 3.39. The lowest BCUT2D eigenvalue weighted by atomic mass is 9.47. The zero-order valence-electron chi connectivity index (χ0n) is 23.0. The second kappa shape index (κ2) is 9.15. The molecule has 2 N–H and O–H groups in total. The summed E-state index contributed by atoms with van der Waals surface area (Å²) in [6.07, 6.45) is 12.6. The maximum atomic E-state index is 11.7. The number of carbonyl (C=O) groups is 1. The maximum absolute atomic E-state index is 11.7. The van der Waals surface area contributed by atoms with Crippen LogP contribution >= 0.6 is 0 Å². The summed E-state index contributed by atoms with van der Waals surface area (Å²) < 4.78 is 0. The van der Waals surface area contributed by atoms with Gasteiger partial charge in [-0.3, -0.25) is 9.79 Å². The van der Waals surface area contributed by atoms with Gasteiger partial charge >= 0.3 is 0 Å². The first-order valence-corrected chi connectivity index (χ1v) is 14.4. The van der Waals surface area contributed by atoms with Gasteiger partial charge in [0.2, 0.25) is 5.91 Å². The summed E-state index contributed by atoms with van der Waals surface area (Å²) in [5, 5.41) is 14.3. The molecule has 3 saturated carbocycles. The van der Waals surface area contributed by atoms with Crippen LogP contribution in [0, 0.1) is 40.4 Å². The van der Waals surface area contributed by atoms with Crippen LogP contribution in [0.25, 0.3) is 0 Å².